The first-order chi connectivity index (χ1) is 19.9. The molecule has 2 fully saturated rings. The maximum Gasteiger partial charge on any atom is 0.419 e. The number of rotatable bonds is 6. The average Bonchev–Trinajstić information content (AvgIpc) is 3.38. The van der Waals surface area contributed by atoms with Gasteiger partial charge in [0.1, 0.15) is 11.4 Å². The van der Waals surface area contributed by atoms with Gasteiger partial charge in [0, 0.05) is 53.9 Å². The largest absolute Gasteiger partial charge is 0.496 e. The number of carbonyl (C=O) groups excluding carboxylic acids is 2. The van der Waals surface area contributed by atoms with Crippen LogP contribution in [0.15, 0.2) is 36.5 Å². The van der Waals surface area contributed by atoms with Crippen molar-refractivity contribution in [3.8, 4) is 5.75 Å². The van der Waals surface area contributed by atoms with E-state index in [9.17, 15) is 9.59 Å². The maximum atomic E-state index is 13.1. The van der Waals surface area contributed by atoms with Gasteiger partial charge >= 0.3 is 12.1 Å². The molecule has 2 aliphatic heterocycles. The predicted molar refractivity (Wildman–Crippen MR) is 167 cm³/mol. The minimum Gasteiger partial charge on any atom is -0.496 e. The summed E-state index contributed by atoms with van der Waals surface area (Å²) in [6.45, 7) is 11.2. The number of piperidine rings is 1. The van der Waals surface area contributed by atoms with Crippen LogP contribution in [-0.4, -0.2) is 71.5 Å². The Morgan fingerprint density at radius 2 is 1.88 bits per heavy atom. The van der Waals surface area contributed by atoms with Crippen LogP contribution in [0.2, 0.25) is 0 Å². The van der Waals surface area contributed by atoms with Crippen molar-refractivity contribution in [3.05, 3.63) is 58.8 Å². The fraction of sp³-hybridized carbons (Fsp3) is 0.500. The first-order valence-corrected chi connectivity index (χ1v) is 15.5. The summed E-state index contributed by atoms with van der Waals surface area (Å²) in [6, 6.07) is 9.53. The van der Waals surface area contributed by atoms with E-state index in [0.29, 0.717) is 17.8 Å². The van der Waals surface area contributed by atoms with Crippen LogP contribution in [0.5, 0.6) is 5.75 Å². The van der Waals surface area contributed by atoms with Crippen LogP contribution in [0.3, 0.4) is 0 Å². The van der Waals surface area contributed by atoms with Crippen molar-refractivity contribution in [2.24, 2.45) is 5.41 Å². The van der Waals surface area contributed by atoms with Crippen molar-refractivity contribution in [1.82, 2.24) is 13.8 Å². The molecule has 42 heavy (non-hydrogen) atoms. The zero-order valence-corrected chi connectivity index (χ0v) is 26.5. The van der Waals surface area contributed by atoms with Gasteiger partial charge in [-0.2, -0.15) is 0 Å². The normalized spacial score (nSPS) is 19.1. The Balaban J connectivity index is 1.54. The lowest BCUT2D eigenvalue weighted by Gasteiger charge is -2.56. The van der Waals surface area contributed by atoms with Gasteiger partial charge in [0.2, 0.25) is 0 Å². The minimum atomic E-state index is -0.607. The quantitative estimate of drug-likeness (QED) is 0.208. The number of ether oxygens (including phenoxy) is 3. The van der Waals surface area contributed by atoms with Gasteiger partial charge in [-0.25, -0.2) is 13.9 Å². The number of anilines is 1. The summed E-state index contributed by atoms with van der Waals surface area (Å²) < 4.78 is 20.5. The standard InChI is InChI=1S/C32H42N4O5S/c1-20-14-27(39-5)24(22-10-12-36(28(20)22)30(38)41-31(2,3)4)17-34-13-11-32(18-35(19-32)42-7)16-26(34)23-9-8-21(15-25(23)33)29(37)40-6/h8-10,12,14-15,26H,11,13,16-19,33H2,1-7H3. The third-order valence-corrected chi connectivity index (χ3v) is 9.32. The molecule has 2 saturated heterocycles. The molecule has 3 heterocycles. The zero-order chi connectivity index (χ0) is 30.4. The third-order valence-electron chi connectivity index (χ3n) is 8.55. The summed E-state index contributed by atoms with van der Waals surface area (Å²) in [5.41, 5.74) is 11.1. The average molecular weight is 595 g/mol. The fourth-order valence-corrected chi connectivity index (χ4v) is 7.30. The summed E-state index contributed by atoms with van der Waals surface area (Å²) in [4.78, 5) is 27.8. The Morgan fingerprint density at radius 3 is 2.50 bits per heavy atom. The number of nitrogens with zero attached hydrogens (tertiary/aromatic N) is 3. The Morgan fingerprint density at radius 1 is 1.14 bits per heavy atom. The lowest BCUT2D eigenvalue weighted by molar-refractivity contribution is -0.0286. The molecule has 3 aromatic rings. The fourth-order valence-electron chi connectivity index (χ4n) is 6.49. The number of hydrogen-bond acceptors (Lipinski definition) is 9. The second-order valence-corrected chi connectivity index (χ2v) is 13.4. The van der Waals surface area contributed by atoms with Crippen molar-refractivity contribution in [2.45, 2.75) is 58.7 Å². The van der Waals surface area contributed by atoms with Gasteiger partial charge in [0.25, 0.3) is 0 Å². The molecule has 0 saturated carbocycles. The number of nitrogens with two attached hydrogens (primary N) is 1. The number of likely N-dealkylation sites (tertiary alicyclic amines) is 1. The van der Waals surface area contributed by atoms with Crippen LogP contribution in [0, 0.1) is 12.3 Å². The van der Waals surface area contributed by atoms with E-state index in [1.54, 1.807) is 42.0 Å². The zero-order valence-electron chi connectivity index (χ0n) is 25.7. The van der Waals surface area contributed by atoms with Gasteiger partial charge < -0.3 is 19.9 Å². The van der Waals surface area contributed by atoms with E-state index in [1.165, 1.54) is 7.11 Å². The second-order valence-electron chi connectivity index (χ2n) is 12.6. The smallest absolute Gasteiger partial charge is 0.419 e. The highest BCUT2D eigenvalue weighted by Crippen LogP contribution is 2.50. The molecule has 2 N–H and O–H groups in total. The SMILES string of the molecule is COC(=O)c1ccc(C2CC3(CCN2Cc2c(OC)cc(C)c4c2ccn4C(=O)OC(C)(C)C)CN(SC)C3)c(N)c1. The van der Waals surface area contributed by atoms with Gasteiger partial charge in [-0.05, 0) is 88.7 Å². The number of nitrogen functional groups attached to an aromatic ring is 1. The Labute approximate surface area is 252 Å². The molecule has 9 nitrogen and oxygen atoms in total. The Hall–Kier alpha value is -3.21. The summed E-state index contributed by atoms with van der Waals surface area (Å²) in [5, 5.41) is 0.961. The van der Waals surface area contributed by atoms with Crippen LogP contribution < -0.4 is 10.5 Å². The summed E-state index contributed by atoms with van der Waals surface area (Å²) in [5.74, 6) is 0.383. The summed E-state index contributed by atoms with van der Waals surface area (Å²) >= 11 is 1.79. The maximum absolute atomic E-state index is 13.1. The van der Waals surface area contributed by atoms with E-state index in [-0.39, 0.29) is 11.5 Å². The van der Waals surface area contributed by atoms with Crippen LogP contribution >= 0.6 is 11.9 Å². The topological polar surface area (TPSA) is 99.3 Å². The molecule has 0 bridgehead atoms. The molecule has 2 aromatic carbocycles. The highest BCUT2D eigenvalue weighted by atomic mass is 32.2. The molecular formula is C32H42N4O5S. The second kappa shape index (κ2) is 11.5. The predicted octanol–water partition coefficient (Wildman–Crippen LogP) is 6.03. The number of aromatic nitrogens is 1. The van der Waals surface area contributed by atoms with Crippen molar-refractivity contribution < 1.29 is 23.8 Å². The highest BCUT2D eigenvalue weighted by molar-refractivity contribution is 7.96. The number of esters is 1. The third kappa shape index (κ3) is 5.72. The number of fused-ring (bicyclic) bond motifs is 1. The molecular weight excluding hydrogens is 552 g/mol. The van der Waals surface area contributed by atoms with Crippen molar-refractivity contribution in [3.63, 3.8) is 0 Å². The number of benzene rings is 2. The minimum absolute atomic E-state index is 0.0449. The van der Waals surface area contributed by atoms with Gasteiger partial charge in [-0.3, -0.25) is 9.47 Å². The van der Waals surface area contributed by atoms with E-state index in [1.807, 2.05) is 45.9 Å². The van der Waals surface area contributed by atoms with E-state index < -0.39 is 17.7 Å². The molecule has 1 atom stereocenters. The van der Waals surface area contributed by atoms with Gasteiger partial charge in [0.05, 0.1) is 25.3 Å². The van der Waals surface area contributed by atoms with Crippen LogP contribution in [0.1, 0.15) is 66.7 Å². The van der Waals surface area contributed by atoms with Gasteiger partial charge in [0.15, 0.2) is 0 Å². The number of carbonyl (C=O) groups is 2. The molecule has 2 aliphatic rings. The molecule has 1 spiro atoms. The van der Waals surface area contributed by atoms with Gasteiger partial charge in [-0.1, -0.05) is 18.0 Å². The summed E-state index contributed by atoms with van der Waals surface area (Å²) in [6.07, 6.45) is 5.54. The molecule has 0 amide bonds. The lowest BCUT2D eigenvalue weighted by Crippen LogP contribution is -2.58. The molecule has 1 aromatic heterocycles. The van der Waals surface area contributed by atoms with Gasteiger partial charge in [-0.15, -0.1) is 0 Å². The van der Waals surface area contributed by atoms with Crippen molar-refractivity contribution in [1.29, 1.82) is 0 Å². The molecule has 0 aliphatic carbocycles. The van der Waals surface area contributed by atoms with E-state index in [4.69, 9.17) is 19.9 Å². The van der Waals surface area contributed by atoms with E-state index in [0.717, 1.165) is 65.8 Å². The Kier molecular flexibility index (Phi) is 8.26. The van der Waals surface area contributed by atoms with E-state index in [2.05, 4.69) is 15.5 Å². The first-order valence-electron chi connectivity index (χ1n) is 14.3. The number of hydrogen-bond donors (Lipinski definition) is 1. The van der Waals surface area contributed by atoms with Crippen LogP contribution in [0.25, 0.3) is 10.9 Å². The van der Waals surface area contributed by atoms with Crippen molar-refractivity contribution in [2.75, 3.05) is 45.8 Å². The molecule has 10 heteroatoms. The molecule has 1 unspecified atom stereocenters. The number of aryl methyl sites for hydroxylation is 1. The highest BCUT2D eigenvalue weighted by Gasteiger charge is 2.48. The molecule has 226 valence electrons. The van der Waals surface area contributed by atoms with E-state index >= 15 is 0 Å². The molecule has 0 radical (unpaired) electrons. The first kappa shape index (κ1) is 30.3. The molecule has 5 rings (SSSR count). The van der Waals surface area contributed by atoms with Crippen LogP contribution in [0.4, 0.5) is 10.5 Å². The summed E-state index contributed by atoms with van der Waals surface area (Å²) in [7, 11) is 3.06. The lowest BCUT2D eigenvalue weighted by atomic mass is 9.69. The number of methoxy groups -OCH3 is 2. The Bertz CT molecular complexity index is 1500. The van der Waals surface area contributed by atoms with Crippen molar-refractivity contribution >= 4 is 40.6 Å². The van der Waals surface area contributed by atoms with Crippen LogP contribution in [-0.2, 0) is 16.0 Å². The monoisotopic (exact) mass is 594 g/mol.